The normalized spacial score (nSPS) is 11.6. The molecule has 5 nitrogen and oxygen atoms in total. The molecule has 1 aromatic rings. The Balaban J connectivity index is 0.00000256. The van der Waals surface area contributed by atoms with E-state index in [9.17, 15) is 9.90 Å². The zero-order chi connectivity index (χ0) is 12.3. The molecule has 1 aromatic carbocycles. The third kappa shape index (κ3) is 4.01. The molecule has 0 saturated heterocycles. The van der Waals surface area contributed by atoms with E-state index in [4.69, 9.17) is 5.11 Å². The Bertz CT molecular complexity index is 400. The van der Waals surface area contributed by atoms with Gasteiger partial charge in [0, 0.05) is 5.56 Å². The number of Topliss-reactive ketones (excluding diaryl/α,β-unsaturated/α-hetero) is 1. The Labute approximate surface area is 124 Å². The zero-order valence-electron chi connectivity index (χ0n) is 8.40. The Hall–Kier alpha value is 0.01000. The Morgan fingerprint density at radius 2 is 2.00 bits per heavy atom. The number of aliphatic hydroxyl groups is 2. The van der Waals surface area contributed by atoms with E-state index in [1.807, 2.05) is 0 Å². The first-order valence-corrected chi connectivity index (χ1v) is 6.43. The predicted octanol–water partition coefficient (Wildman–Crippen LogP) is 1.59. The zero-order valence-corrected chi connectivity index (χ0v) is 13.2. The highest BCUT2D eigenvalue weighted by atomic mass is 79.9. The second-order valence-corrected chi connectivity index (χ2v) is 6.10. The van der Waals surface area contributed by atoms with Gasteiger partial charge in [0.15, 0.2) is 5.78 Å². The summed E-state index contributed by atoms with van der Waals surface area (Å²) in [6.07, 6.45) is -1.40. The van der Waals surface area contributed by atoms with Crippen molar-refractivity contribution in [2.45, 2.75) is 6.10 Å². The van der Waals surface area contributed by atoms with Crippen LogP contribution in [-0.2, 0) is 0 Å². The fourth-order valence-corrected chi connectivity index (χ4v) is 2.81. The van der Waals surface area contributed by atoms with Crippen molar-refractivity contribution in [1.82, 2.24) is 0 Å². The van der Waals surface area contributed by atoms with Crippen molar-refractivity contribution < 1.29 is 20.5 Å². The number of carbonyl (C=O) groups excluding carboxylic acids is 1. The van der Waals surface area contributed by atoms with Crippen molar-refractivity contribution in [2.75, 3.05) is 9.56 Å². The number of halogens is 3. The molecule has 0 spiro atoms. The molecule has 0 aliphatic rings. The first-order chi connectivity index (χ1) is 7.49. The number of hydrogen-bond donors (Lipinski definition) is 2. The number of nitrogens with zero attached hydrogens (tertiary/aromatic N) is 1. The van der Waals surface area contributed by atoms with Crippen LogP contribution in [0.25, 0.3) is 0 Å². The van der Waals surface area contributed by atoms with Gasteiger partial charge < -0.3 is 15.7 Å². The molecule has 0 amide bonds. The summed E-state index contributed by atoms with van der Waals surface area (Å²) >= 11 is 9.60. The second kappa shape index (κ2) is 7.45. The van der Waals surface area contributed by atoms with Crippen LogP contribution < -0.4 is 2.95 Å². The molecule has 0 aliphatic heterocycles. The third-order valence-electron chi connectivity index (χ3n) is 1.90. The molecule has 0 saturated carbocycles. The molecule has 17 heavy (non-hydrogen) atoms. The first-order valence-electron chi connectivity index (χ1n) is 4.22. The molecule has 1 unspecified atom stereocenters. The number of carbonyl (C=O) groups is 1. The van der Waals surface area contributed by atoms with Crippen LogP contribution in [0.1, 0.15) is 10.4 Å². The van der Waals surface area contributed by atoms with Gasteiger partial charge in [-0.25, -0.2) is 2.95 Å². The highest BCUT2D eigenvalue weighted by Gasteiger charge is 2.20. The minimum absolute atomic E-state index is 0. The molecule has 0 radical (unpaired) electrons. The van der Waals surface area contributed by atoms with Crippen LogP contribution in [0, 0.1) is 0 Å². The minimum Gasteiger partial charge on any atom is -0.412 e. The van der Waals surface area contributed by atoms with Crippen LogP contribution in [0.4, 0.5) is 5.69 Å². The molecule has 0 bridgehead atoms. The minimum atomic E-state index is -1.40. The van der Waals surface area contributed by atoms with Gasteiger partial charge in [0.2, 0.25) is 0 Å². The molecule has 96 valence electrons. The van der Waals surface area contributed by atoms with Gasteiger partial charge in [0.25, 0.3) is 0 Å². The molecule has 0 aromatic heterocycles. The first kappa shape index (κ1) is 17.0. The van der Waals surface area contributed by atoms with Gasteiger partial charge >= 0.3 is 0 Å². The summed E-state index contributed by atoms with van der Waals surface area (Å²) in [6.45, 7) is -0.595. The van der Waals surface area contributed by atoms with E-state index in [1.165, 1.54) is 2.95 Å². The predicted molar refractivity (Wildman–Crippen MR) is 75.5 cm³/mol. The maximum absolute atomic E-state index is 11.7. The molecule has 1 atom stereocenters. The highest BCUT2D eigenvalue weighted by Crippen LogP contribution is 2.33. The second-order valence-electron chi connectivity index (χ2n) is 2.93. The molecular formula is C9H10Br3NO4. The maximum atomic E-state index is 11.7. The average Bonchev–Trinajstić information content (AvgIpc) is 2.27. The molecule has 0 aliphatic carbocycles. The van der Waals surface area contributed by atoms with E-state index in [1.54, 1.807) is 18.2 Å². The van der Waals surface area contributed by atoms with Crippen molar-refractivity contribution in [2.24, 2.45) is 0 Å². The summed E-state index contributed by atoms with van der Waals surface area (Å²) in [4.78, 5) is 11.7. The Kier molecular flexibility index (Phi) is 7.45. The number of ketones is 1. The van der Waals surface area contributed by atoms with Crippen molar-refractivity contribution >= 4 is 59.7 Å². The summed E-state index contributed by atoms with van der Waals surface area (Å²) in [5.41, 5.74) is 0.985. The van der Waals surface area contributed by atoms with Crippen LogP contribution >= 0.6 is 48.2 Å². The van der Waals surface area contributed by atoms with Gasteiger partial charge in [-0.2, -0.15) is 0 Å². The molecule has 8 heteroatoms. The topological polar surface area (TPSA) is 92.3 Å². The molecule has 1 rings (SSSR count). The van der Waals surface area contributed by atoms with Gasteiger partial charge in [-0.1, -0.05) is 12.1 Å². The van der Waals surface area contributed by atoms with Crippen LogP contribution in [0.5, 0.6) is 0 Å². The van der Waals surface area contributed by atoms with Gasteiger partial charge in [-0.15, -0.1) is 0 Å². The van der Waals surface area contributed by atoms with Gasteiger partial charge in [0.1, 0.15) is 6.10 Å². The lowest BCUT2D eigenvalue weighted by molar-refractivity contribution is 0.0587. The third-order valence-corrected chi connectivity index (χ3v) is 3.50. The van der Waals surface area contributed by atoms with Crippen molar-refractivity contribution in [3.63, 3.8) is 0 Å². The molecule has 0 fully saturated rings. The summed E-state index contributed by atoms with van der Waals surface area (Å²) in [7, 11) is 0. The highest BCUT2D eigenvalue weighted by molar-refractivity contribution is 9.25. The number of aliphatic hydroxyl groups excluding tert-OH is 2. The van der Waals surface area contributed by atoms with Crippen molar-refractivity contribution in [3.8, 4) is 0 Å². The van der Waals surface area contributed by atoms with Gasteiger partial charge in [-0.3, -0.25) is 4.79 Å². The standard InChI is InChI=1S/C9H8Br3NO3.H2O/c10-8-5(9(16)7(15)4-14)2-1-3-6(8)13(11)12;/h1-3,7,14-15H,4H2;1H2. The van der Waals surface area contributed by atoms with Crippen LogP contribution in [0.15, 0.2) is 22.7 Å². The summed E-state index contributed by atoms with van der Waals surface area (Å²) < 4.78 is 2.01. The van der Waals surface area contributed by atoms with Crippen molar-refractivity contribution in [3.05, 3.63) is 28.2 Å². The Morgan fingerprint density at radius 3 is 2.47 bits per heavy atom. The smallest absolute Gasteiger partial charge is 0.194 e. The van der Waals surface area contributed by atoms with Crippen LogP contribution in [0.3, 0.4) is 0 Å². The summed E-state index contributed by atoms with van der Waals surface area (Å²) in [5, 5.41) is 18.0. The molecular weight excluding hydrogens is 426 g/mol. The van der Waals surface area contributed by atoms with E-state index in [0.717, 1.165) is 0 Å². The van der Waals surface area contributed by atoms with Crippen molar-refractivity contribution in [1.29, 1.82) is 0 Å². The van der Waals surface area contributed by atoms with E-state index < -0.39 is 18.5 Å². The lowest BCUT2D eigenvalue weighted by atomic mass is 10.1. The maximum Gasteiger partial charge on any atom is 0.194 e. The SMILES string of the molecule is O.O=C(c1cccc(N(Br)Br)c1Br)C(O)CO. The lowest BCUT2D eigenvalue weighted by Gasteiger charge is -2.13. The van der Waals surface area contributed by atoms with Crippen LogP contribution in [0.2, 0.25) is 0 Å². The average molecular weight is 436 g/mol. The summed E-state index contributed by atoms with van der Waals surface area (Å²) in [5.74, 6) is -0.530. The number of benzene rings is 1. The fourth-order valence-electron chi connectivity index (χ4n) is 1.10. The van der Waals surface area contributed by atoms with E-state index in [0.29, 0.717) is 15.7 Å². The molecule has 0 heterocycles. The van der Waals surface area contributed by atoms with E-state index in [2.05, 4.69) is 48.2 Å². The largest absolute Gasteiger partial charge is 0.412 e. The van der Waals surface area contributed by atoms with Gasteiger partial charge in [-0.05, 0) is 22.0 Å². The molecule has 4 N–H and O–H groups in total. The van der Waals surface area contributed by atoms with Gasteiger partial charge in [0.05, 0.1) is 49.1 Å². The van der Waals surface area contributed by atoms with E-state index in [-0.39, 0.29) is 5.48 Å². The lowest BCUT2D eigenvalue weighted by Crippen LogP contribution is -2.24. The monoisotopic (exact) mass is 433 g/mol. The number of rotatable bonds is 4. The fraction of sp³-hybridized carbons (Fsp3) is 0.222. The van der Waals surface area contributed by atoms with Crippen LogP contribution in [-0.4, -0.2) is 34.2 Å². The summed E-state index contributed by atoms with van der Waals surface area (Å²) in [6, 6.07) is 5.00. The number of hydrogen-bond acceptors (Lipinski definition) is 4. The van der Waals surface area contributed by atoms with E-state index >= 15 is 0 Å². The quantitative estimate of drug-likeness (QED) is 0.555. The number of anilines is 1. The Morgan fingerprint density at radius 1 is 1.41 bits per heavy atom.